The molecule has 102 valence electrons. The van der Waals surface area contributed by atoms with Crippen LogP contribution in [0, 0.1) is 17.1 Å². The molecule has 0 spiro atoms. The molecule has 0 bridgehead atoms. The van der Waals surface area contributed by atoms with E-state index in [1.165, 1.54) is 16.8 Å². The molecule has 1 aromatic rings. The van der Waals surface area contributed by atoms with Gasteiger partial charge in [0.15, 0.2) is 11.8 Å². The zero-order valence-electron chi connectivity index (χ0n) is 9.80. The number of nitrogens with zero attached hydrogens (tertiary/aromatic N) is 2. The van der Waals surface area contributed by atoms with Crippen molar-refractivity contribution in [1.29, 1.82) is 0 Å². The van der Waals surface area contributed by atoms with E-state index in [1.54, 1.807) is 0 Å². The van der Waals surface area contributed by atoms with Crippen molar-refractivity contribution in [3.05, 3.63) is 17.0 Å². The van der Waals surface area contributed by atoms with Gasteiger partial charge in [-0.2, -0.15) is 0 Å². The quantitative estimate of drug-likeness (QED) is 0.398. The minimum absolute atomic E-state index is 0.0458. The summed E-state index contributed by atoms with van der Waals surface area (Å²) in [5.74, 6) is 2.30. The standard InChI is InChI=1S/C11H13N3O4S/c1-2-11(17)8(16)6(5-15)18-9(11)14-4-3-7(12)13-10(14)19/h1,3-4,6,8-9,15-17H,5H2,(H2,12,13,19)/t6-,8?,9-,11-/m1/s1. The molecule has 1 fully saturated rings. The van der Waals surface area contributed by atoms with E-state index in [2.05, 4.69) is 10.9 Å². The Bertz CT molecular complexity index is 584. The third-order valence-corrected chi connectivity index (χ3v) is 3.30. The van der Waals surface area contributed by atoms with Crippen LogP contribution in [0.3, 0.4) is 0 Å². The molecule has 8 heteroatoms. The van der Waals surface area contributed by atoms with Gasteiger partial charge in [-0.1, -0.05) is 5.92 Å². The first-order valence-corrected chi connectivity index (χ1v) is 5.84. The molecule has 0 radical (unpaired) electrons. The van der Waals surface area contributed by atoms with Gasteiger partial charge in [-0.05, 0) is 18.3 Å². The van der Waals surface area contributed by atoms with Crippen molar-refractivity contribution < 1.29 is 20.1 Å². The zero-order chi connectivity index (χ0) is 14.2. The van der Waals surface area contributed by atoms with Crippen molar-refractivity contribution in [1.82, 2.24) is 9.55 Å². The normalized spacial score (nSPS) is 34.1. The summed E-state index contributed by atoms with van der Waals surface area (Å²) >= 11 is 5.01. The van der Waals surface area contributed by atoms with Crippen molar-refractivity contribution in [3.63, 3.8) is 0 Å². The third kappa shape index (κ3) is 2.11. The Hall–Kier alpha value is -1.50. The number of rotatable bonds is 2. The van der Waals surface area contributed by atoms with Gasteiger partial charge in [0.05, 0.1) is 6.61 Å². The fraction of sp³-hybridized carbons (Fsp3) is 0.455. The van der Waals surface area contributed by atoms with Crippen molar-refractivity contribution in [2.75, 3.05) is 12.3 Å². The van der Waals surface area contributed by atoms with Gasteiger partial charge in [0, 0.05) is 6.20 Å². The van der Waals surface area contributed by atoms with Crippen molar-refractivity contribution in [3.8, 4) is 12.3 Å². The van der Waals surface area contributed by atoms with Gasteiger partial charge >= 0.3 is 0 Å². The second-order valence-corrected chi connectivity index (χ2v) is 4.53. The topological polar surface area (TPSA) is 114 Å². The van der Waals surface area contributed by atoms with Gasteiger partial charge in [0.25, 0.3) is 0 Å². The highest BCUT2D eigenvalue weighted by Gasteiger charge is 2.55. The van der Waals surface area contributed by atoms with E-state index in [-0.39, 0.29) is 10.6 Å². The lowest BCUT2D eigenvalue weighted by atomic mass is 9.95. The Labute approximate surface area is 114 Å². The molecule has 4 atom stereocenters. The summed E-state index contributed by atoms with van der Waals surface area (Å²) < 4.78 is 6.69. The molecule has 7 nitrogen and oxygen atoms in total. The summed E-state index contributed by atoms with van der Waals surface area (Å²) in [5.41, 5.74) is 3.47. The minimum Gasteiger partial charge on any atom is -0.394 e. The fourth-order valence-electron chi connectivity index (χ4n) is 1.95. The van der Waals surface area contributed by atoms with Crippen LogP contribution in [-0.2, 0) is 4.74 Å². The van der Waals surface area contributed by atoms with Crippen LogP contribution in [0.25, 0.3) is 0 Å². The number of anilines is 1. The third-order valence-electron chi connectivity index (χ3n) is 3.00. The second kappa shape index (κ2) is 4.88. The maximum absolute atomic E-state index is 10.3. The van der Waals surface area contributed by atoms with Crippen LogP contribution in [0.15, 0.2) is 12.3 Å². The molecule has 19 heavy (non-hydrogen) atoms. The zero-order valence-corrected chi connectivity index (χ0v) is 10.6. The SMILES string of the molecule is C#C[C@@]1(O)C(O)[C@@H](CO)O[C@H]1n1ccc(N)nc1=S. The van der Waals surface area contributed by atoms with Crippen LogP contribution in [0.2, 0.25) is 0 Å². The van der Waals surface area contributed by atoms with E-state index in [0.29, 0.717) is 0 Å². The summed E-state index contributed by atoms with van der Waals surface area (Å²) in [6, 6.07) is 1.45. The molecule has 1 aromatic heterocycles. The summed E-state index contributed by atoms with van der Waals surface area (Å²) in [4.78, 5) is 3.85. The van der Waals surface area contributed by atoms with Gasteiger partial charge in [-0.15, -0.1) is 6.42 Å². The predicted octanol–water partition coefficient (Wildman–Crippen LogP) is -1.19. The molecular formula is C11H13N3O4S. The van der Waals surface area contributed by atoms with E-state index in [9.17, 15) is 10.2 Å². The van der Waals surface area contributed by atoms with Crippen LogP contribution in [0.4, 0.5) is 5.82 Å². The highest BCUT2D eigenvalue weighted by atomic mass is 32.1. The fourth-order valence-corrected chi connectivity index (χ4v) is 2.22. The first-order valence-electron chi connectivity index (χ1n) is 5.43. The average molecular weight is 283 g/mol. The number of ether oxygens (including phenoxy) is 1. The molecular weight excluding hydrogens is 270 g/mol. The first kappa shape index (κ1) is 13.9. The molecule has 5 N–H and O–H groups in total. The monoisotopic (exact) mass is 283 g/mol. The van der Waals surface area contributed by atoms with Crippen LogP contribution in [-0.4, -0.2) is 49.3 Å². The van der Waals surface area contributed by atoms with Gasteiger partial charge in [0.1, 0.15) is 18.0 Å². The number of nitrogen functional groups attached to an aromatic ring is 1. The second-order valence-electron chi connectivity index (χ2n) is 4.17. The molecule has 1 saturated heterocycles. The number of hydrogen-bond acceptors (Lipinski definition) is 7. The largest absolute Gasteiger partial charge is 0.394 e. The molecule has 1 aliphatic heterocycles. The number of aliphatic hydroxyl groups is 3. The Morgan fingerprint density at radius 1 is 1.68 bits per heavy atom. The number of nitrogens with two attached hydrogens (primary N) is 1. The van der Waals surface area contributed by atoms with E-state index in [0.717, 1.165) is 0 Å². The van der Waals surface area contributed by atoms with Gasteiger partial charge in [-0.3, -0.25) is 4.57 Å². The van der Waals surface area contributed by atoms with Crippen LogP contribution >= 0.6 is 12.2 Å². The predicted molar refractivity (Wildman–Crippen MR) is 68.3 cm³/mol. The smallest absolute Gasteiger partial charge is 0.203 e. The summed E-state index contributed by atoms with van der Waals surface area (Å²) in [6.07, 6.45) is 3.12. The Balaban J connectivity index is 2.49. The molecule has 0 amide bonds. The minimum atomic E-state index is -2.01. The van der Waals surface area contributed by atoms with Gasteiger partial charge in [-0.25, -0.2) is 4.98 Å². The van der Waals surface area contributed by atoms with Gasteiger partial charge < -0.3 is 25.8 Å². The Morgan fingerprint density at radius 2 is 2.37 bits per heavy atom. The number of terminal acetylenes is 1. The molecule has 2 heterocycles. The number of hydrogen-bond donors (Lipinski definition) is 4. The number of aliphatic hydroxyl groups excluding tert-OH is 2. The van der Waals surface area contributed by atoms with Crippen molar-refractivity contribution in [2.45, 2.75) is 24.0 Å². The molecule has 1 aliphatic rings. The molecule has 0 saturated carbocycles. The molecule has 0 aliphatic carbocycles. The lowest BCUT2D eigenvalue weighted by Crippen LogP contribution is -2.45. The van der Waals surface area contributed by atoms with Crippen molar-refractivity contribution >= 4 is 18.0 Å². The molecule has 0 aromatic carbocycles. The summed E-state index contributed by atoms with van der Waals surface area (Å²) in [6.45, 7) is -0.489. The van der Waals surface area contributed by atoms with E-state index < -0.39 is 30.6 Å². The highest BCUT2D eigenvalue weighted by Crippen LogP contribution is 2.38. The maximum Gasteiger partial charge on any atom is 0.203 e. The Kier molecular flexibility index (Phi) is 3.58. The van der Waals surface area contributed by atoms with Crippen LogP contribution in [0.5, 0.6) is 0 Å². The van der Waals surface area contributed by atoms with E-state index in [1.807, 2.05) is 0 Å². The molecule has 1 unspecified atom stereocenters. The van der Waals surface area contributed by atoms with Crippen molar-refractivity contribution in [2.24, 2.45) is 0 Å². The Morgan fingerprint density at radius 3 is 2.89 bits per heavy atom. The van der Waals surface area contributed by atoms with Gasteiger partial charge in [0.2, 0.25) is 4.77 Å². The number of aromatic nitrogens is 2. The van der Waals surface area contributed by atoms with Crippen LogP contribution < -0.4 is 5.73 Å². The molecule has 2 rings (SSSR count). The maximum atomic E-state index is 10.3. The van der Waals surface area contributed by atoms with E-state index >= 15 is 0 Å². The van der Waals surface area contributed by atoms with Crippen LogP contribution in [0.1, 0.15) is 6.23 Å². The van der Waals surface area contributed by atoms with E-state index in [4.69, 9.17) is 34.2 Å². The lowest BCUT2D eigenvalue weighted by Gasteiger charge is -2.26. The average Bonchev–Trinajstić information content (AvgIpc) is 2.63. The summed E-state index contributed by atoms with van der Waals surface area (Å²) in [7, 11) is 0. The summed E-state index contributed by atoms with van der Waals surface area (Å²) in [5, 5.41) is 29.4. The highest BCUT2D eigenvalue weighted by molar-refractivity contribution is 7.71. The first-order chi connectivity index (χ1) is 8.93. The lowest BCUT2D eigenvalue weighted by molar-refractivity contribution is -0.0754.